The Labute approximate surface area is 224 Å². The van der Waals surface area contributed by atoms with Crippen LogP contribution in [0.1, 0.15) is 55.1 Å². The summed E-state index contributed by atoms with van der Waals surface area (Å²) in [6.45, 7) is 7.85. The molecule has 2 saturated heterocycles. The number of pyridine rings is 1. The molecule has 12 nitrogen and oxygen atoms in total. The number of likely N-dealkylation sites (tertiary alicyclic amines) is 1. The third-order valence-electron chi connectivity index (χ3n) is 7.04. The number of carbonyl (C=O) groups is 1. The number of piperidine rings is 1. The normalized spacial score (nSPS) is 21.8. The van der Waals surface area contributed by atoms with Gasteiger partial charge in [0, 0.05) is 24.8 Å². The van der Waals surface area contributed by atoms with E-state index in [-0.39, 0.29) is 36.0 Å². The van der Waals surface area contributed by atoms with Crippen molar-refractivity contribution in [3.05, 3.63) is 47.6 Å². The number of halogens is 1. The van der Waals surface area contributed by atoms with E-state index in [9.17, 15) is 9.18 Å². The zero-order chi connectivity index (χ0) is 27.3. The fourth-order valence-corrected chi connectivity index (χ4v) is 4.79. The van der Waals surface area contributed by atoms with E-state index >= 15 is 0 Å². The number of nitrogens with one attached hydrogen (secondary N) is 2. The van der Waals surface area contributed by atoms with E-state index in [0.717, 1.165) is 17.6 Å². The SMILES string of the molecule is CN1CC[C@@H](Nc2cccc3c([C@@H]4CO4)c(-c4noc(CNC(=O)c5cnn(C(C)(C)C)c5)n4)nn23)[C@@H](F)C1. The molecule has 2 N–H and O–H groups in total. The maximum Gasteiger partial charge on any atom is 0.254 e. The topological polar surface area (TPSA) is 131 Å². The number of hydrogen-bond acceptors (Lipinski definition) is 9. The number of alkyl halides is 1. The smallest absolute Gasteiger partial charge is 0.254 e. The van der Waals surface area contributed by atoms with Crippen molar-refractivity contribution in [2.24, 2.45) is 0 Å². The van der Waals surface area contributed by atoms with Crippen LogP contribution < -0.4 is 10.6 Å². The summed E-state index contributed by atoms with van der Waals surface area (Å²) in [5.41, 5.74) is 2.42. The van der Waals surface area contributed by atoms with Gasteiger partial charge in [0.1, 0.15) is 23.8 Å². The van der Waals surface area contributed by atoms with Crippen molar-refractivity contribution < 1.29 is 18.4 Å². The van der Waals surface area contributed by atoms with Crippen LogP contribution in [0.2, 0.25) is 0 Å². The number of amides is 1. The maximum absolute atomic E-state index is 14.7. The van der Waals surface area contributed by atoms with Gasteiger partial charge < -0.3 is 24.8 Å². The highest BCUT2D eigenvalue weighted by atomic mass is 19.1. The molecule has 0 spiro atoms. The van der Waals surface area contributed by atoms with Crippen LogP contribution >= 0.6 is 0 Å². The summed E-state index contributed by atoms with van der Waals surface area (Å²) in [5, 5.41) is 19.3. The fraction of sp³-hybridized carbons (Fsp3) is 0.500. The Balaban J connectivity index is 1.22. The van der Waals surface area contributed by atoms with Gasteiger partial charge >= 0.3 is 0 Å². The van der Waals surface area contributed by atoms with Crippen molar-refractivity contribution in [1.29, 1.82) is 0 Å². The van der Waals surface area contributed by atoms with E-state index in [1.54, 1.807) is 15.4 Å². The van der Waals surface area contributed by atoms with Crippen LogP contribution in [0, 0.1) is 0 Å². The summed E-state index contributed by atoms with van der Waals surface area (Å²) in [6, 6.07) is 5.43. The molecule has 4 aromatic heterocycles. The molecule has 6 heterocycles. The molecule has 2 aliphatic heterocycles. The van der Waals surface area contributed by atoms with E-state index in [4.69, 9.17) is 14.4 Å². The van der Waals surface area contributed by atoms with Gasteiger partial charge in [0.2, 0.25) is 11.7 Å². The largest absolute Gasteiger partial charge is 0.368 e. The molecular formula is C26H32FN9O3. The molecule has 39 heavy (non-hydrogen) atoms. The lowest BCUT2D eigenvalue weighted by Crippen LogP contribution is -2.46. The van der Waals surface area contributed by atoms with E-state index in [2.05, 4.69) is 25.9 Å². The van der Waals surface area contributed by atoms with Gasteiger partial charge in [0.25, 0.3) is 5.91 Å². The Morgan fingerprint density at radius 2 is 2.10 bits per heavy atom. The Hall–Kier alpha value is -3.84. The van der Waals surface area contributed by atoms with Gasteiger partial charge in [-0.05, 0) is 46.4 Å². The van der Waals surface area contributed by atoms with E-state index in [1.807, 2.05) is 50.9 Å². The second kappa shape index (κ2) is 9.72. The number of rotatable bonds is 7. The molecule has 2 aliphatic rings. The molecule has 2 fully saturated rings. The first-order valence-electron chi connectivity index (χ1n) is 13.1. The minimum absolute atomic E-state index is 0.0516. The summed E-state index contributed by atoms with van der Waals surface area (Å²) in [7, 11) is 1.93. The van der Waals surface area contributed by atoms with E-state index in [0.29, 0.717) is 42.5 Å². The summed E-state index contributed by atoms with van der Waals surface area (Å²) in [4.78, 5) is 19.1. The summed E-state index contributed by atoms with van der Waals surface area (Å²) in [6.07, 6.45) is 2.80. The lowest BCUT2D eigenvalue weighted by Gasteiger charge is -2.33. The maximum atomic E-state index is 14.7. The average molecular weight is 538 g/mol. The van der Waals surface area contributed by atoms with Crippen LogP contribution in [0.15, 0.2) is 35.1 Å². The van der Waals surface area contributed by atoms with Crippen LogP contribution in [0.5, 0.6) is 0 Å². The van der Waals surface area contributed by atoms with Gasteiger partial charge in [0.05, 0.1) is 42.0 Å². The molecule has 1 amide bonds. The number of aromatic nitrogens is 6. The number of nitrogens with zero attached hydrogens (tertiary/aromatic N) is 7. The zero-order valence-corrected chi connectivity index (χ0v) is 22.4. The van der Waals surface area contributed by atoms with E-state index in [1.165, 1.54) is 6.20 Å². The molecule has 0 aromatic carbocycles. The number of ether oxygens (including phenoxy) is 1. The highest BCUT2D eigenvalue weighted by molar-refractivity contribution is 5.93. The van der Waals surface area contributed by atoms with Crippen molar-refractivity contribution in [3.63, 3.8) is 0 Å². The highest BCUT2D eigenvalue weighted by Gasteiger charge is 2.35. The van der Waals surface area contributed by atoms with Crippen molar-refractivity contribution in [2.45, 2.75) is 57.6 Å². The van der Waals surface area contributed by atoms with Crippen molar-refractivity contribution in [3.8, 4) is 11.5 Å². The first kappa shape index (κ1) is 25.4. The predicted octanol–water partition coefficient (Wildman–Crippen LogP) is 2.79. The first-order chi connectivity index (χ1) is 18.7. The molecule has 0 radical (unpaired) electrons. The molecule has 3 atom stereocenters. The van der Waals surface area contributed by atoms with Gasteiger partial charge in [0.15, 0.2) is 0 Å². The molecule has 206 valence electrons. The molecule has 0 aliphatic carbocycles. The van der Waals surface area contributed by atoms with Gasteiger partial charge in [-0.25, -0.2) is 8.91 Å². The zero-order valence-electron chi connectivity index (χ0n) is 22.4. The molecule has 0 unspecified atom stereocenters. The standard InChI is InChI=1S/C26H32FN9O3/c1-26(2,3)35-12-15(10-29-35)25(37)28-11-21-31-24(33-39-21)23-22(19-14-38-19)18-6-5-7-20(36(18)32-23)30-17-8-9-34(4)13-16(17)27/h5-7,10,12,16-17,19,30H,8-9,11,13-14H2,1-4H3,(H,28,37)/t16-,17+,19-/m0/s1. The minimum Gasteiger partial charge on any atom is -0.368 e. The van der Waals surface area contributed by atoms with Crippen LogP contribution in [0.4, 0.5) is 10.2 Å². The second-order valence-corrected chi connectivity index (χ2v) is 11.1. The molecular weight excluding hydrogens is 505 g/mol. The number of epoxide rings is 1. The summed E-state index contributed by atoms with van der Waals surface area (Å²) >= 11 is 0. The monoisotopic (exact) mass is 537 g/mol. The fourth-order valence-electron chi connectivity index (χ4n) is 4.79. The molecule has 0 saturated carbocycles. The third-order valence-corrected chi connectivity index (χ3v) is 7.04. The molecule has 6 rings (SSSR count). The van der Waals surface area contributed by atoms with Crippen LogP contribution in [-0.2, 0) is 16.8 Å². The number of hydrogen-bond donors (Lipinski definition) is 2. The molecule has 0 bridgehead atoms. The van der Waals surface area contributed by atoms with Crippen LogP contribution in [0.25, 0.3) is 17.0 Å². The van der Waals surface area contributed by atoms with Gasteiger partial charge in [-0.15, -0.1) is 0 Å². The van der Waals surface area contributed by atoms with Gasteiger partial charge in [-0.2, -0.15) is 15.2 Å². The lowest BCUT2D eigenvalue weighted by molar-refractivity contribution is 0.0946. The van der Waals surface area contributed by atoms with Crippen molar-refractivity contribution in [1.82, 2.24) is 39.8 Å². The van der Waals surface area contributed by atoms with E-state index < -0.39 is 6.17 Å². The summed E-state index contributed by atoms with van der Waals surface area (Å²) in [5.74, 6) is 0.930. The quantitative estimate of drug-likeness (QED) is 0.342. The Kier molecular flexibility index (Phi) is 6.34. The van der Waals surface area contributed by atoms with Crippen LogP contribution in [-0.4, -0.2) is 79.3 Å². The van der Waals surface area contributed by atoms with Gasteiger partial charge in [-0.1, -0.05) is 11.2 Å². The molecule has 13 heteroatoms. The number of anilines is 1. The number of carbonyl (C=O) groups excluding carboxylic acids is 1. The Bertz CT molecular complexity index is 1500. The first-order valence-corrected chi connectivity index (χ1v) is 13.1. The predicted molar refractivity (Wildman–Crippen MR) is 140 cm³/mol. The number of fused-ring (bicyclic) bond motifs is 1. The Morgan fingerprint density at radius 3 is 2.82 bits per heavy atom. The van der Waals surface area contributed by atoms with Gasteiger partial charge in [-0.3, -0.25) is 9.48 Å². The lowest BCUT2D eigenvalue weighted by atomic mass is 10.0. The highest BCUT2D eigenvalue weighted by Crippen LogP contribution is 2.39. The molecule has 4 aromatic rings. The van der Waals surface area contributed by atoms with Crippen molar-refractivity contribution in [2.75, 3.05) is 32.1 Å². The average Bonchev–Trinajstić information content (AvgIpc) is 3.29. The minimum atomic E-state index is -0.988. The third kappa shape index (κ3) is 5.11. The van der Waals surface area contributed by atoms with Crippen LogP contribution in [0.3, 0.4) is 0 Å². The van der Waals surface area contributed by atoms with Crippen molar-refractivity contribution >= 4 is 17.2 Å². The summed E-state index contributed by atoms with van der Waals surface area (Å²) < 4.78 is 29.3. The second-order valence-electron chi connectivity index (χ2n) is 11.1. The Morgan fingerprint density at radius 1 is 1.28 bits per heavy atom.